The fraction of sp³-hybridized carbons (Fsp3) is 0.500. The van der Waals surface area contributed by atoms with Gasteiger partial charge in [0.25, 0.3) is 0 Å². The molecule has 0 spiro atoms. The van der Waals surface area contributed by atoms with Gasteiger partial charge in [0.05, 0.1) is 12.1 Å². The Kier molecular flexibility index (Phi) is 3.94. The first-order valence-electron chi connectivity index (χ1n) is 5.12. The number of halogens is 2. The first-order valence-corrected chi connectivity index (χ1v) is 5.50. The summed E-state index contributed by atoms with van der Waals surface area (Å²) in [5, 5.41) is 10.3. The van der Waals surface area contributed by atoms with E-state index in [1.807, 2.05) is 20.8 Å². The molecule has 0 amide bonds. The second-order valence-corrected chi connectivity index (χ2v) is 5.38. The van der Waals surface area contributed by atoms with E-state index in [-0.39, 0.29) is 10.6 Å². The van der Waals surface area contributed by atoms with Crippen molar-refractivity contribution in [3.63, 3.8) is 0 Å². The van der Waals surface area contributed by atoms with Crippen LogP contribution >= 0.6 is 11.6 Å². The lowest BCUT2D eigenvalue weighted by Gasteiger charge is -2.31. The third kappa shape index (κ3) is 2.73. The van der Waals surface area contributed by atoms with Crippen LogP contribution in [0.2, 0.25) is 5.02 Å². The van der Waals surface area contributed by atoms with Crippen LogP contribution in [-0.2, 0) is 0 Å². The highest BCUT2D eigenvalue weighted by atomic mass is 35.5. The van der Waals surface area contributed by atoms with Crippen molar-refractivity contribution in [3.05, 3.63) is 34.6 Å². The summed E-state index contributed by atoms with van der Waals surface area (Å²) in [6, 6.07) is 3.54. The Morgan fingerprint density at radius 2 is 1.94 bits per heavy atom. The highest BCUT2D eigenvalue weighted by molar-refractivity contribution is 6.31. The van der Waals surface area contributed by atoms with E-state index in [0.717, 1.165) is 0 Å². The standard InChI is InChI=1S/C12H17ClFNO/c1-12(2,3)11(16)10(15)9-7(13)5-4-6-8(9)14/h4-6,10-11,16H,15H2,1-3H3/t10-,11-/m1/s1. The fourth-order valence-corrected chi connectivity index (χ4v) is 1.81. The normalized spacial score (nSPS) is 15.9. The Bertz CT molecular complexity index is 356. The zero-order chi connectivity index (χ0) is 12.5. The molecular formula is C12H17ClFNO. The Morgan fingerprint density at radius 3 is 2.38 bits per heavy atom. The first-order chi connectivity index (χ1) is 7.25. The summed E-state index contributed by atoms with van der Waals surface area (Å²) < 4.78 is 13.6. The molecule has 0 aromatic heterocycles. The summed E-state index contributed by atoms with van der Waals surface area (Å²) in [4.78, 5) is 0. The van der Waals surface area contributed by atoms with E-state index in [4.69, 9.17) is 17.3 Å². The van der Waals surface area contributed by atoms with E-state index in [2.05, 4.69) is 0 Å². The maximum absolute atomic E-state index is 13.6. The number of hydrogen-bond donors (Lipinski definition) is 2. The number of hydrogen-bond acceptors (Lipinski definition) is 2. The minimum Gasteiger partial charge on any atom is -0.391 e. The van der Waals surface area contributed by atoms with Crippen LogP contribution in [0.4, 0.5) is 4.39 Å². The molecule has 0 saturated heterocycles. The summed E-state index contributed by atoms with van der Waals surface area (Å²) in [5.41, 5.74) is 5.60. The zero-order valence-corrected chi connectivity index (χ0v) is 10.4. The van der Waals surface area contributed by atoms with Gasteiger partial charge >= 0.3 is 0 Å². The first kappa shape index (κ1) is 13.4. The van der Waals surface area contributed by atoms with Crippen molar-refractivity contribution in [2.24, 2.45) is 11.1 Å². The molecule has 4 heteroatoms. The molecule has 0 fully saturated rings. The van der Waals surface area contributed by atoms with E-state index >= 15 is 0 Å². The van der Waals surface area contributed by atoms with Crippen LogP contribution in [0.15, 0.2) is 18.2 Å². The number of benzene rings is 1. The smallest absolute Gasteiger partial charge is 0.129 e. The number of aliphatic hydroxyl groups excluding tert-OH is 1. The van der Waals surface area contributed by atoms with Crippen molar-refractivity contribution in [1.82, 2.24) is 0 Å². The molecule has 0 bridgehead atoms. The molecule has 3 N–H and O–H groups in total. The van der Waals surface area contributed by atoms with Crippen LogP contribution in [0, 0.1) is 11.2 Å². The molecule has 0 saturated carbocycles. The average Bonchev–Trinajstić information content (AvgIpc) is 2.14. The lowest BCUT2D eigenvalue weighted by atomic mass is 9.82. The third-order valence-corrected chi connectivity index (χ3v) is 2.89. The molecule has 0 heterocycles. The van der Waals surface area contributed by atoms with Gasteiger partial charge in [0, 0.05) is 10.6 Å². The van der Waals surface area contributed by atoms with E-state index in [1.165, 1.54) is 12.1 Å². The number of nitrogens with two attached hydrogens (primary N) is 1. The minimum absolute atomic E-state index is 0.173. The van der Waals surface area contributed by atoms with Crippen molar-refractivity contribution < 1.29 is 9.50 Å². The summed E-state index contributed by atoms with van der Waals surface area (Å²) in [7, 11) is 0. The highest BCUT2D eigenvalue weighted by Gasteiger charge is 2.31. The monoisotopic (exact) mass is 245 g/mol. The molecular weight excluding hydrogens is 229 g/mol. The minimum atomic E-state index is -0.859. The Morgan fingerprint density at radius 1 is 1.38 bits per heavy atom. The topological polar surface area (TPSA) is 46.2 Å². The number of rotatable bonds is 2. The van der Waals surface area contributed by atoms with E-state index in [0.29, 0.717) is 0 Å². The van der Waals surface area contributed by atoms with Crippen molar-refractivity contribution in [2.45, 2.75) is 32.9 Å². The van der Waals surface area contributed by atoms with Crippen LogP contribution < -0.4 is 5.73 Å². The van der Waals surface area contributed by atoms with E-state index < -0.39 is 23.4 Å². The molecule has 2 atom stereocenters. The van der Waals surface area contributed by atoms with Gasteiger partial charge in [0.1, 0.15) is 5.82 Å². The largest absolute Gasteiger partial charge is 0.391 e. The van der Waals surface area contributed by atoms with Gasteiger partial charge in [0.15, 0.2) is 0 Å². The number of aliphatic hydroxyl groups is 1. The Balaban J connectivity index is 3.10. The van der Waals surface area contributed by atoms with Crippen molar-refractivity contribution in [1.29, 1.82) is 0 Å². The highest BCUT2D eigenvalue weighted by Crippen LogP contribution is 2.33. The van der Waals surface area contributed by atoms with Gasteiger partial charge < -0.3 is 10.8 Å². The second kappa shape index (κ2) is 4.70. The van der Waals surface area contributed by atoms with Crippen LogP contribution in [0.25, 0.3) is 0 Å². The van der Waals surface area contributed by atoms with Crippen molar-refractivity contribution in [3.8, 4) is 0 Å². The molecule has 90 valence electrons. The van der Waals surface area contributed by atoms with Crippen LogP contribution in [0.5, 0.6) is 0 Å². The molecule has 1 rings (SSSR count). The summed E-state index contributed by atoms with van der Waals surface area (Å²) >= 11 is 5.89. The third-order valence-electron chi connectivity index (χ3n) is 2.56. The summed E-state index contributed by atoms with van der Waals surface area (Å²) in [5.74, 6) is -0.483. The van der Waals surface area contributed by atoms with Gasteiger partial charge in [-0.15, -0.1) is 0 Å². The molecule has 0 aliphatic heterocycles. The lowest BCUT2D eigenvalue weighted by Crippen LogP contribution is -2.37. The van der Waals surface area contributed by atoms with Gasteiger partial charge in [-0.1, -0.05) is 38.4 Å². The van der Waals surface area contributed by atoms with Gasteiger partial charge in [-0.05, 0) is 17.5 Å². The van der Waals surface area contributed by atoms with Gasteiger partial charge in [0.2, 0.25) is 0 Å². The van der Waals surface area contributed by atoms with Crippen molar-refractivity contribution >= 4 is 11.6 Å². The van der Waals surface area contributed by atoms with Gasteiger partial charge in [-0.2, -0.15) is 0 Å². The molecule has 1 aromatic carbocycles. The molecule has 1 aromatic rings. The SMILES string of the molecule is CC(C)(C)[C@H](O)[C@H](N)c1c(F)cccc1Cl. The van der Waals surface area contributed by atoms with Crippen LogP contribution in [0.1, 0.15) is 32.4 Å². The lowest BCUT2D eigenvalue weighted by molar-refractivity contribution is 0.0392. The van der Waals surface area contributed by atoms with Gasteiger partial charge in [-0.3, -0.25) is 0 Å². The maximum atomic E-state index is 13.6. The molecule has 0 aliphatic rings. The van der Waals surface area contributed by atoms with Crippen LogP contribution in [0.3, 0.4) is 0 Å². The van der Waals surface area contributed by atoms with E-state index in [9.17, 15) is 9.50 Å². The molecule has 0 unspecified atom stereocenters. The zero-order valence-electron chi connectivity index (χ0n) is 9.67. The Hall–Kier alpha value is -0.640. The Labute approximate surface area is 100 Å². The molecule has 0 aliphatic carbocycles. The fourth-order valence-electron chi connectivity index (χ4n) is 1.53. The van der Waals surface area contributed by atoms with Gasteiger partial charge in [-0.25, -0.2) is 4.39 Å². The molecule has 2 nitrogen and oxygen atoms in total. The maximum Gasteiger partial charge on any atom is 0.129 e. The molecule has 0 radical (unpaired) electrons. The van der Waals surface area contributed by atoms with E-state index in [1.54, 1.807) is 6.07 Å². The molecule has 16 heavy (non-hydrogen) atoms. The van der Waals surface area contributed by atoms with Crippen molar-refractivity contribution in [2.75, 3.05) is 0 Å². The predicted octanol–water partition coefficient (Wildman–Crippen LogP) is 2.89. The predicted molar refractivity (Wildman–Crippen MR) is 63.8 cm³/mol. The summed E-state index contributed by atoms with van der Waals surface area (Å²) in [6.45, 7) is 5.52. The quantitative estimate of drug-likeness (QED) is 0.842. The second-order valence-electron chi connectivity index (χ2n) is 4.97. The average molecular weight is 246 g/mol. The summed E-state index contributed by atoms with van der Waals surface area (Å²) in [6.07, 6.45) is -0.859. The van der Waals surface area contributed by atoms with Crippen LogP contribution in [-0.4, -0.2) is 11.2 Å².